The highest BCUT2D eigenvalue weighted by molar-refractivity contribution is 7.80. The Kier molecular flexibility index (Phi) is 13.0. The first kappa shape index (κ1) is 29.1. The van der Waals surface area contributed by atoms with Gasteiger partial charge in [-0.25, -0.2) is 4.79 Å². The molecule has 9 N–H and O–H groups in total. The minimum absolute atomic E-state index is 0.182. The van der Waals surface area contributed by atoms with Crippen LogP contribution in [0.2, 0.25) is 0 Å². The van der Waals surface area contributed by atoms with E-state index in [2.05, 4.69) is 28.6 Å². The second kappa shape index (κ2) is 14.2. The Bertz CT molecular complexity index is 717. The van der Waals surface area contributed by atoms with Crippen molar-refractivity contribution in [1.82, 2.24) is 16.0 Å². The number of carbonyl (C=O) groups excluding carboxylic acids is 4. The van der Waals surface area contributed by atoms with Crippen molar-refractivity contribution in [3.8, 4) is 0 Å². The molecule has 0 saturated heterocycles. The first-order chi connectivity index (χ1) is 14.8. The van der Waals surface area contributed by atoms with Gasteiger partial charge in [0.05, 0.1) is 6.04 Å². The van der Waals surface area contributed by atoms with Crippen LogP contribution in [0.5, 0.6) is 0 Å². The summed E-state index contributed by atoms with van der Waals surface area (Å²) in [6.07, 6.45) is -1.02. The Morgan fingerprint density at radius 1 is 0.844 bits per heavy atom. The van der Waals surface area contributed by atoms with Gasteiger partial charge < -0.3 is 37.6 Å². The molecule has 4 amide bonds. The van der Waals surface area contributed by atoms with Crippen molar-refractivity contribution >= 4 is 48.2 Å². The maximum Gasteiger partial charge on any atom is 0.326 e. The molecule has 0 radical (unpaired) electrons. The van der Waals surface area contributed by atoms with Gasteiger partial charge in [-0.05, 0) is 18.8 Å². The van der Waals surface area contributed by atoms with Crippen LogP contribution in [0.4, 0.5) is 0 Å². The van der Waals surface area contributed by atoms with Gasteiger partial charge in [0.25, 0.3) is 0 Å². The van der Waals surface area contributed by atoms with Crippen molar-refractivity contribution in [2.75, 3.05) is 5.75 Å². The summed E-state index contributed by atoms with van der Waals surface area (Å²) < 4.78 is 0. The molecule has 182 valence electrons. The van der Waals surface area contributed by atoms with Crippen LogP contribution in [-0.4, -0.2) is 75.7 Å². The standard InChI is InChI=1S/C18H31N5O8S/c1-8(2)14(18(30)31)23-17(29)11(7-32)22-16(28)10(4-5-12(20)24)21-15(27)9(19)3-6-13(25)26/h8-11,14,32H,3-7,19H2,1-2H3,(H2,20,24)(H,21,27)(H,22,28)(H,23,29)(H,25,26)(H,30,31). The Hall–Kier alpha value is -2.87. The van der Waals surface area contributed by atoms with Crippen molar-refractivity contribution in [2.45, 2.75) is 63.7 Å². The van der Waals surface area contributed by atoms with Gasteiger partial charge in [-0.3, -0.25) is 24.0 Å². The zero-order valence-corrected chi connectivity index (χ0v) is 18.8. The Morgan fingerprint density at radius 2 is 1.38 bits per heavy atom. The molecule has 0 aliphatic carbocycles. The van der Waals surface area contributed by atoms with E-state index in [0.29, 0.717) is 0 Å². The molecule has 0 aliphatic rings. The number of carboxylic acids is 2. The molecule has 0 aromatic carbocycles. The predicted octanol–water partition coefficient (Wildman–Crippen LogP) is -2.43. The molecule has 0 spiro atoms. The molecule has 0 aromatic rings. The molecule has 13 nitrogen and oxygen atoms in total. The monoisotopic (exact) mass is 477 g/mol. The number of nitrogens with one attached hydrogen (secondary N) is 3. The van der Waals surface area contributed by atoms with Crippen molar-refractivity contribution in [3.05, 3.63) is 0 Å². The molecule has 4 unspecified atom stereocenters. The van der Waals surface area contributed by atoms with Crippen LogP contribution in [0, 0.1) is 5.92 Å². The van der Waals surface area contributed by atoms with Crippen molar-refractivity contribution in [1.29, 1.82) is 0 Å². The average Bonchev–Trinajstić information content (AvgIpc) is 2.69. The summed E-state index contributed by atoms with van der Waals surface area (Å²) in [6.45, 7) is 3.19. The van der Waals surface area contributed by atoms with Crippen LogP contribution < -0.4 is 27.4 Å². The van der Waals surface area contributed by atoms with Gasteiger partial charge in [0.1, 0.15) is 18.1 Å². The number of rotatable bonds is 15. The van der Waals surface area contributed by atoms with E-state index in [1.54, 1.807) is 13.8 Å². The van der Waals surface area contributed by atoms with E-state index >= 15 is 0 Å². The second-order valence-electron chi connectivity index (χ2n) is 7.42. The van der Waals surface area contributed by atoms with E-state index in [4.69, 9.17) is 16.6 Å². The number of nitrogens with two attached hydrogens (primary N) is 2. The Balaban J connectivity index is 5.29. The van der Waals surface area contributed by atoms with Crippen molar-refractivity contribution in [2.24, 2.45) is 17.4 Å². The number of primary amides is 1. The third kappa shape index (κ3) is 10.9. The summed E-state index contributed by atoms with van der Waals surface area (Å²) in [5.41, 5.74) is 10.7. The van der Waals surface area contributed by atoms with Gasteiger partial charge in [0, 0.05) is 18.6 Å². The summed E-state index contributed by atoms with van der Waals surface area (Å²) in [6, 6.07) is -4.96. The summed E-state index contributed by atoms with van der Waals surface area (Å²) in [4.78, 5) is 70.3. The van der Waals surface area contributed by atoms with Crippen LogP contribution >= 0.6 is 12.6 Å². The van der Waals surface area contributed by atoms with Gasteiger partial charge in [-0.2, -0.15) is 12.6 Å². The number of carbonyl (C=O) groups is 6. The van der Waals surface area contributed by atoms with Gasteiger partial charge in [0.2, 0.25) is 23.6 Å². The molecule has 14 heteroatoms. The zero-order valence-electron chi connectivity index (χ0n) is 17.9. The topological polar surface area (TPSA) is 231 Å². The molecule has 0 bridgehead atoms. The van der Waals surface area contributed by atoms with Crippen LogP contribution in [0.25, 0.3) is 0 Å². The highest BCUT2D eigenvalue weighted by Crippen LogP contribution is 2.05. The van der Waals surface area contributed by atoms with Gasteiger partial charge in [0.15, 0.2) is 0 Å². The number of aliphatic carboxylic acids is 2. The van der Waals surface area contributed by atoms with E-state index in [-0.39, 0.29) is 31.4 Å². The number of thiol groups is 1. The number of hydrogen-bond acceptors (Lipinski definition) is 8. The molecule has 4 atom stereocenters. The summed E-state index contributed by atoms with van der Waals surface area (Å²) in [5, 5.41) is 24.9. The van der Waals surface area contributed by atoms with Crippen LogP contribution in [0.15, 0.2) is 0 Å². The summed E-state index contributed by atoms with van der Waals surface area (Å²) in [5.74, 6) is -6.23. The third-order valence-corrected chi connectivity index (χ3v) is 4.73. The molecule has 0 fully saturated rings. The van der Waals surface area contributed by atoms with Crippen LogP contribution in [0.1, 0.15) is 39.5 Å². The second-order valence-corrected chi connectivity index (χ2v) is 7.78. The predicted molar refractivity (Wildman–Crippen MR) is 115 cm³/mol. The average molecular weight is 478 g/mol. The lowest BCUT2D eigenvalue weighted by Gasteiger charge is -2.25. The van der Waals surface area contributed by atoms with E-state index < -0.39 is 65.7 Å². The first-order valence-electron chi connectivity index (χ1n) is 9.80. The number of carboxylic acid groups (broad SMARTS) is 2. The fraction of sp³-hybridized carbons (Fsp3) is 0.667. The molecular weight excluding hydrogens is 446 g/mol. The number of amides is 4. The lowest BCUT2D eigenvalue weighted by atomic mass is 10.0. The van der Waals surface area contributed by atoms with E-state index in [1.165, 1.54) is 0 Å². The highest BCUT2D eigenvalue weighted by atomic mass is 32.1. The van der Waals surface area contributed by atoms with Crippen molar-refractivity contribution in [3.63, 3.8) is 0 Å². The Labute approximate surface area is 190 Å². The maximum absolute atomic E-state index is 12.7. The normalized spacial score (nSPS) is 14.5. The fourth-order valence-corrected chi connectivity index (χ4v) is 2.74. The third-order valence-electron chi connectivity index (χ3n) is 4.36. The molecule has 0 aromatic heterocycles. The molecular formula is C18H31N5O8S. The van der Waals surface area contributed by atoms with Crippen LogP contribution in [0.3, 0.4) is 0 Å². The molecule has 32 heavy (non-hydrogen) atoms. The van der Waals surface area contributed by atoms with Crippen molar-refractivity contribution < 1.29 is 39.0 Å². The minimum Gasteiger partial charge on any atom is -0.481 e. The maximum atomic E-state index is 12.7. The minimum atomic E-state index is -1.30. The lowest BCUT2D eigenvalue weighted by molar-refractivity contribution is -0.143. The van der Waals surface area contributed by atoms with Gasteiger partial charge in [-0.15, -0.1) is 0 Å². The zero-order chi connectivity index (χ0) is 25.0. The summed E-state index contributed by atoms with van der Waals surface area (Å²) in [7, 11) is 0. The van der Waals surface area contributed by atoms with E-state index in [0.717, 1.165) is 0 Å². The van der Waals surface area contributed by atoms with Crippen LogP contribution in [-0.2, 0) is 28.8 Å². The quantitative estimate of drug-likeness (QED) is 0.117. The van der Waals surface area contributed by atoms with Gasteiger partial charge >= 0.3 is 11.9 Å². The first-order valence-corrected chi connectivity index (χ1v) is 10.4. The SMILES string of the molecule is CC(C)C(NC(=O)C(CS)NC(=O)C(CCC(N)=O)NC(=O)C(N)CCC(=O)O)C(=O)O. The molecule has 0 saturated carbocycles. The highest BCUT2D eigenvalue weighted by Gasteiger charge is 2.30. The molecule has 0 heterocycles. The summed E-state index contributed by atoms with van der Waals surface area (Å²) >= 11 is 4.00. The smallest absolute Gasteiger partial charge is 0.326 e. The number of hydrogen-bond donors (Lipinski definition) is 8. The molecule has 0 rings (SSSR count). The van der Waals surface area contributed by atoms with Gasteiger partial charge in [-0.1, -0.05) is 13.8 Å². The molecule has 0 aliphatic heterocycles. The largest absolute Gasteiger partial charge is 0.481 e. The van der Waals surface area contributed by atoms with E-state index in [1.807, 2.05) is 0 Å². The van der Waals surface area contributed by atoms with E-state index in [9.17, 15) is 33.9 Å². The lowest BCUT2D eigenvalue weighted by Crippen LogP contribution is -2.58. The fourth-order valence-electron chi connectivity index (χ4n) is 2.48. The Morgan fingerprint density at radius 3 is 1.81 bits per heavy atom.